The number of carbonyl (C=O) groups excluding carboxylic acids is 1. The summed E-state index contributed by atoms with van der Waals surface area (Å²) in [5, 5.41) is 13.8. The van der Waals surface area contributed by atoms with Crippen LogP contribution in [0.15, 0.2) is 85.0 Å². The van der Waals surface area contributed by atoms with Gasteiger partial charge in [-0.05, 0) is 53.6 Å². The van der Waals surface area contributed by atoms with Crippen LogP contribution in [0.2, 0.25) is 5.04 Å². The maximum absolute atomic E-state index is 12.3. The van der Waals surface area contributed by atoms with Crippen LogP contribution in [-0.4, -0.2) is 37.7 Å². The van der Waals surface area contributed by atoms with Crippen LogP contribution in [0.25, 0.3) is 0 Å². The Hall–Kier alpha value is -2.47. The maximum Gasteiger partial charge on any atom is 0.306 e. The lowest BCUT2D eigenvalue weighted by Crippen LogP contribution is -2.68. The van der Waals surface area contributed by atoms with Crippen molar-refractivity contribution in [1.29, 1.82) is 0 Å². The number of aliphatic hydroxyl groups excluding tert-OH is 1. The zero-order valence-electron chi connectivity index (χ0n) is 24.4. The van der Waals surface area contributed by atoms with Crippen molar-refractivity contribution in [2.75, 3.05) is 0 Å². The summed E-state index contributed by atoms with van der Waals surface area (Å²) in [5.41, 5.74) is 0. The van der Waals surface area contributed by atoms with Gasteiger partial charge in [0.05, 0.1) is 12.2 Å². The third kappa shape index (κ3) is 8.76. The Morgan fingerprint density at radius 3 is 2.13 bits per heavy atom. The molecule has 1 aliphatic heterocycles. The van der Waals surface area contributed by atoms with Crippen molar-refractivity contribution in [2.45, 2.75) is 109 Å². The number of esters is 1. The summed E-state index contributed by atoms with van der Waals surface area (Å²) in [6.45, 7) is 8.86. The van der Waals surface area contributed by atoms with Crippen LogP contribution in [0.3, 0.4) is 0 Å². The lowest BCUT2D eigenvalue weighted by Gasteiger charge is -2.45. The van der Waals surface area contributed by atoms with Crippen LogP contribution < -0.4 is 10.4 Å². The highest BCUT2D eigenvalue weighted by atomic mass is 28.4. The van der Waals surface area contributed by atoms with Gasteiger partial charge < -0.3 is 14.3 Å². The number of hydrogen-bond acceptors (Lipinski definition) is 4. The van der Waals surface area contributed by atoms with Gasteiger partial charge in [-0.2, -0.15) is 0 Å². The Balaban J connectivity index is 1.97. The van der Waals surface area contributed by atoms with Gasteiger partial charge in [0.2, 0.25) is 0 Å². The Morgan fingerprint density at radius 1 is 0.949 bits per heavy atom. The molecule has 212 valence electrons. The van der Waals surface area contributed by atoms with Crippen LogP contribution in [-0.2, 0) is 14.0 Å². The molecule has 3 rings (SSSR count). The number of benzene rings is 2. The number of allylic oxidation sites excluding steroid dienone is 1. The fraction of sp³-hybridized carbons (Fsp3) is 0.500. The molecule has 3 atom stereocenters. The highest BCUT2D eigenvalue weighted by Crippen LogP contribution is 2.38. The van der Waals surface area contributed by atoms with E-state index in [4.69, 9.17) is 9.16 Å². The first-order valence-electron chi connectivity index (χ1n) is 14.8. The molecule has 1 fully saturated rings. The zero-order valence-corrected chi connectivity index (χ0v) is 25.4. The molecule has 0 unspecified atom stereocenters. The van der Waals surface area contributed by atoms with Gasteiger partial charge in [0.25, 0.3) is 8.32 Å². The van der Waals surface area contributed by atoms with Gasteiger partial charge in [-0.3, -0.25) is 4.79 Å². The minimum Gasteiger partial charge on any atom is -0.458 e. The van der Waals surface area contributed by atoms with Crippen LogP contribution in [0.4, 0.5) is 0 Å². The minimum absolute atomic E-state index is 0.146. The van der Waals surface area contributed by atoms with Crippen LogP contribution in [0.5, 0.6) is 0 Å². The lowest BCUT2D eigenvalue weighted by atomic mass is 10.0. The smallest absolute Gasteiger partial charge is 0.306 e. The molecule has 2 aromatic rings. The van der Waals surface area contributed by atoms with Crippen molar-refractivity contribution in [1.82, 2.24) is 0 Å². The van der Waals surface area contributed by atoms with Crippen LogP contribution >= 0.6 is 0 Å². The predicted octanol–water partition coefficient (Wildman–Crippen LogP) is 6.86. The van der Waals surface area contributed by atoms with Gasteiger partial charge in [0.1, 0.15) is 6.10 Å². The number of carbonyl (C=O) groups is 1. The van der Waals surface area contributed by atoms with E-state index < -0.39 is 20.5 Å². The number of cyclic esters (lactones) is 1. The third-order valence-electron chi connectivity index (χ3n) is 7.57. The minimum atomic E-state index is -2.85. The second-order valence-corrected chi connectivity index (χ2v) is 15.9. The van der Waals surface area contributed by atoms with Gasteiger partial charge in [-0.25, -0.2) is 0 Å². The summed E-state index contributed by atoms with van der Waals surface area (Å²) in [6.07, 6.45) is 14.4. The quantitative estimate of drug-likeness (QED) is 0.200. The van der Waals surface area contributed by atoms with E-state index in [1.807, 2.05) is 18.2 Å². The van der Waals surface area contributed by atoms with Gasteiger partial charge >= 0.3 is 5.97 Å². The predicted molar refractivity (Wildman–Crippen MR) is 164 cm³/mol. The first-order chi connectivity index (χ1) is 18.8. The van der Waals surface area contributed by atoms with E-state index in [1.165, 1.54) is 10.4 Å². The second-order valence-electron chi connectivity index (χ2n) is 11.6. The number of hydrogen-bond donors (Lipinski definition) is 1. The Morgan fingerprint density at radius 2 is 1.54 bits per heavy atom. The van der Waals surface area contributed by atoms with Crippen molar-refractivity contribution < 1.29 is 19.1 Å². The molecule has 0 amide bonds. The van der Waals surface area contributed by atoms with E-state index >= 15 is 0 Å². The standard InChI is InChI=1S/C34H48O4Si/c1-5-6-12-24-32(31(35)27-26-28-19-13-8-7-9-18-25-33(36)37-28)38-39(34(2,3)4,29-20-14-10-15-21-29)30-22-16-11-17-23-30/h6,10-12,14-17,20-23,26-28,31-32,35H,5,7-9,13,18-19,24-25H2,1-4H3/b12-6-,27-26+/t28-,31+,32-/m0/s1. The molecule has 0 spiro atoms. The largest absolute Gasteiger partial charge is 0.458 e. The van der Waals surface area contributed by atoms with E-state index in [1.54, 1.807) is 6.08 Å². The van der Waals surface area contributed by atoms with Crippen molar-refractivity contribution in [2.24, 2.45) is 0 Å². The molecule has 0 aromatic heterocycles. The highest BCUT2D eigenvalue weighted by molar-refractivity contribution is 6.99. The molecule has 2 aromatic carbocycles. The monoisotopic (exact) mass is 548 g/mol. The van der Waals surface area contributed by atoms with Gasteiger partial charge in [0.15, 0.2) is 0 Å². The summed E-state index contributed by atoms with van der Waals surface area (Å²) in [7, 11) is -2.85. The molecule has 1 N–H and O–H groups in total. The fourth-order valence-corrected chi connectivity index (χ4v) is 10.2. The summed E-state index contributed by atoms with van der Waals surface area (Å²) in [5.74, 6) is -0.146. The molecule has 4 nitrogen and oxygen atoms in total. The average molecular weight is 549 g/mol. The van der Waals surface area contributed by atoms with E-state index in [0.29, 0.717) is 12.8 Å². The van der Waals surface area contributed by atoms with E-state index in [0.717, 1.165) is 44.9 Å². The van der Waals surface area contributed by atoms with Gasteiger partial charge in [0, 0.05) is 6.42 Å². The fourth-order valence-electron chi connectivity index (χ4n) is 5.50. The Labute approximate surface area is 237 Å². The van der Waals surface area contributed by atoms with Crippen molar-refractivity contribution in [3.05, 3.63) is 85.0 Å². The van der Waals surface area contributed by atoms with Gasteiger partial charge in [-0.1, -0.05) is 126 Å². The SMILES string of the molecule is CC/C=C\C[C@H](O[Si](c1ccccc1)(c1ccccc1)C(C)(C)C)[C@H](O)/C=C/[C@@H]1CCCCCCCC(=O)O1. The Bertz CT molecular complexity index is 1000. The normalized spacial score (nSPS) is 19.6. The average Bonchev–Trinajstić information content (AvgIpc) is 2.93. The van der Waals surface area contributed by atoms with Crippen LogP contribution in [0.1, 0.15) is 85.5 Å². The maximum atomic E-state index is 12.3. The zero-order chi connectivity index (χ0) is 28.1. The van der Waals surface area contributed by atoms with Crippen molar-refractivity contribution >= 4 is 24.7 Å². The number of rotatable bonds is 10. The number of aliphatic hydroxyl groups is 1. The summed E-state index contributed by atoms with van der Waals surface area (Å²) < 4.78 is 13.1. The van der Waals surface area contributed by atoms with Crippen LogP contribution in [0, 0.1) is 0 Å². The molecule has 0 bridgehead atoms. The Kier molecular flexibility index (Phi) is 12.2. The van der Waals surface area contributed by atoms with E-state index in [2.05, 4.69) is 88.4 Å². The first-order valence-corrected chi connectivity index (χ1v) is 16.7. The number of ether oxygens (including phenoxy) is 1. The third-order valence-corrected chi connectivity index (χ3v) is 12.6. The molecule has 1 heterocycles. The molecular weight excluding hydrogens is 500 g/mol. The summed E-state index contributed by atoms with van der Waals surface area (Å²) in [4.78, 5) is 12.3. The molecular formula is C34H48O4Si. The van der Waals surface area contributed by atoms with E-state index in [-0.39, 0.29) is 17.1 Å². The van der Waals surface area contributed by atoms with Gasteiger partial charge in [-0.15, -0.1) is 0 Å². The molecule has 5 heteroatoms. The lowest BCUT2D eigenvalue weighted by molar-refractivity contribution is -0.147. The first kappa shape index (κ1) is 31.1. The molecule has 0 radical (unpaired) electrons. The topological polar surface area (TPSA) is 55.8 Å². The van der Waals surface area contributed by atoms with Crippen molar-refractivity contribution in [3.63, 3.8) is 0 Å². The molecule has 1 aliphatic rings. The molecule has 1 saturated heterocycles. The summed E-state index contributed by atoms with van der Waals surface area (Å²) in [6, 6.07) is 21.1. The molecule has 39 heavy (non-hydrogen) atoms. The molecule has 0 saturated carbocycles. The highest BCUT2D eigenvalue weighted by Gasteiger charge is 2.51. The van der Waals surface area contributed by atoms with Crippen molar-refractivity contribution in [3.8, 4) is 0 Å². The molecule has 0 aliphatic carbocycles. The van der Waals surface area contributed by atoms with E-state index in [9.17, 15) is 9.90 Å². The second kappa shape index (κ2) is 15.4. The summed E-state index contributed by atoms with van der Waals surface area (Å²) >= 11 is 0.